The number of nitrogens with zero attached hydrogens (tertiary/aromatic N) is 2. The number of rotatable bonds is 4. The molecule has 0 atom stereocenters. The van der Waals surface area contributed by atoms with E-state index >= 15 is 0 Å². The smallest absolute Gasteiger partial charge is 0.273 e. The van der Waals surface area contributed by atoms with Gasteiger partial charge in [-0.05, 0) is 44.4 Å². The highest BCUT2D eigenvalue weighted by Gasteiger charge is 2.22. The molecule has 2 aromatic rings. The van der Waals surface area contributed by atoms with Gasteiger partial charge in [0, 0.05) is 30.3 Å². The van der Waals surface area contributed by atoms with Crippen LogP contribution in [-0.2, 0) is 0 Å². The van der Waals surface area contributed by atoms with Crippen LogP contribution in [0.4, 0.5) is 11.4 Å². The molecule has 27 heavy (non-hydrogen) atoms. The second kappa shape index (κ2) is 7.99. The van der Waals surface area contributed by atoms with Gasteiger partial charge in [0.25, 0.3) is 17.5 Å². The SMILES string of the molecule is Cc1ccc(C(=O)Nc2ccccc2C(=O)N2CCCCC2)cc1[N+](=O)[O-]. The van der Waals surface area contributed by atoms with Crippen molar-refractivity contribution in [3.63, 3.8) is 0 Å². The zero-order chi connectivity index (χ0) is 19.4. The van der Waals surface area contributed by atoms with E-state index in [0.717, 1.165) is 19.3 Å². The molecule has 2 aromatic carbocycles. The normalized spacial score (nSPS) is 13.9. The second-order valence-corrected chi connectivity index (χ2v) is 6.61. The van der Waals surface area contributed by atoms with Gasteiger partial charge >= 0.3 is 0 Å². The molecule has 0 spiro atoms. The molecule has 1 saturated heterocycles. The topological polar surface area (TPSA) is 92.6 Å². The number of nitro benzene ring substituents is 1. The largest absolute Gasteiger partial charge is 0.339 e. The molecule has 0 aromatic heterocycles. The molecule has 1 aliphatic heterocycles. The molecule has 1 aliphatic rings. The first-order chi connectivity index (χ1) is 13.0. The Bertz CT molecular complexity index is 889. The number of amides is 2. The highest BCUT2D eigenvalue weighted by molar-refractivity contribution is 6.09. The van der Waals surface area contributed by atoms with Crippen molar-refractivity contribution in [1.82, 2.24) is 4.90 Å². The number of benzene rings is 2. The summed E-state index contributed by atoms with van der Waals surface area (Å²) < 4.78 is 0. The quantitative estimate of drug-likeness (QED) is 0.657. The summed E-state index contributed by atoms with van der Waals surface area (Å²) in [6, 6.07) is 11.2. The maximum absolute atomic E-state index is 12.8. The van der Waals surface area contributed by atoms with E-state index in [1.807, 2.05) is 0 Å². The first kappa shape index (κ1) is 18.6. The second-order valence-electron chi connectivity index (χ2n) is 6.61. The van der Waals surface area contributed by atoms with E-state index in [9.17, 15) is 19.7 Å². The van der Waals surface area contributed by atoms with E-state index < -0.39 is 10.8 Å². The molecular weight excluding hydrogens is 346 g/mol. The van der Waals surface area contributed by atoms with Crippen LogP contribution in [0.3, 0.4) is 0 Å². The number of likely N-dealkylation sites (tertiary alicyclic amines) is 1. The van der Waals surface area contributed by atoms with E-state index in [0.29, 0.717) is 29.9 Å². The molecule has 3 rings (SSSR count). The van der Waals surface area contributed by atoms with Gasteiger partial charge in [-0.2, -0.15) is 0 Å². The van der Waals surface area contributed by atoms with Gasteiger partial charge in [0.1, 0.15) is 0 Å². The van der Waals surface area contributed by atoms with E-state index in [1.165, 1.54) is 18.2 Å². The van der Waals surface area contributed by atoms with Crippen LogP contribution in [0.25, 0.3) is 0 Å². The summed E-state index contributed by atoms with van der Waals surface area (Å²) in [5.74, 6) is -0.600. The Morgan fingerprint density at radius 1 is 1.07 bits per heavy atom. The number of para-hydroxylation sites is 1. The fourth-order valence-electron chi connectivity index (χ4n) is 3.19. The molecule has 7 nitrogen and oxygen atoms in total. The molecule has 0 aliphatic carbocycles. The third kappa shape index (κ3) is 4.13. The van der Waals surface area contributed by atoms with Crippen LogP contribution in [0, 0.1) is 17.0 Å². The van der Waals surface area contributed by atoms with Crippen LogP contribution in [0.1, 0.15) is 45.5 Å². The number of nitrogens with one attached hydrogen (secondary N) is 1. The molecule has 0 radical (unpaired) electrons. The lowest BCUT2D eigenvalue weighted by Crippen LogP contribution is -2.36. The lowest BCUT2D eigenvalue weighted by Gasteiger charge is -2.27. The molecule has 1 N–H and O–H groups in total. The van der Waals surface area contributed by atoms with Crippen LogP contribution in [-0.4, -0.2) is 34.7 Å². The first-order valence-electron chi connectivity index (χ1n) is 8.92. The number of piperidine rings is 1. The monoisotopic (exact) mass is 367 g/mol. The van der Waals surface area contributed by atoms with Crippen molar-refractivity contribution >= 4 is 23.2 Å². The van der Waals surface area contributed by atoms with E-state index in [1.54, 1.807) is 36.1 Å². The van der Waals surface area contributed by atoms with Crippen LogP contribution >= 0.6 is 0 Å². The van der Waals surface area contributed by atoms with Crippen molar-refractivity contribution < 1.29 is 14.5 Å². The minimum atomic E-state index is -0.514. The third-order valence-electron chi connectivity index (χ3n) is 4.72. The molecule has 7 heteroatoms. The van der Waals surface area contributed by atoms with Crippen LogP contribution in [0.2, 0.25) is 0 Å². The van der Waals surface area contributed by atoms with Crippen molar-refractivity contribution in [1.29, 1.82) is 0 Å². The molecule has 0 saturated carbocycles. The predicted molar refractivity (Wildman–Crippen MR) is 102 cm³/mol. The van der Waals surface area contributed by atoms with Crippen molar-refractivity contribution in [2.24, 2.45) is 0 Å². The van der Waals surface area contributed by atoms with Crippen molar-refractivity contribution in [3.8, 4) is 0 Å². The van der Waals surface area contributed by atoms with Gasteiger partial charge in [-0.25, -0.2) is 0 Å². The van der Waals surface area contributed by atoms with E-state index in [4.69, 9.17) is 0 Å². The number of hydrogen-bond acceptors (Lipinski definition) is 4. The molecule has 0 unspecified atom stereocenters. The zero-order valence-electron chi connectivity index (χ0n) is 15.1. The average Bonchev–Trinajstić information content (AvgIpc) is 2.68. The van der Waals surface area contributed by atoms with Crippen LogP contribution in [0.5, 0.6) is 0 Å². The molecule has 1 fully saturated rings. The average molecular weight is 367 g/mol. The highest BCUT2D eigenvalue weighted by atomic mass is 16.6. The lowest BCUT2D eigenvalue weighted by atomic mass is 10.1. The molecule has 0 bridgehead atoms. The molecule has 2 amide bonds. The van der Waals surface area contributed by atoms with Gasteiger partial charge in [0.05, 0.1) is 16.2 Å². The first-order valence-corrected chi connectivity index (χ1v) is 8.92. The Balaban J connectivity index is 1.84. The Morgan fingerprint density at radius 2 is 1.78 bits per heavy atom. The van der Waals surface area contributed by atoms with Crippen LogP contribution in [0.15, 0.2) is 42.5 Å². The number of carbonyl (C=O) groups is 2. The van der Waals surface area contributed by atoms with E-state index in [-0.39, 0.29) is 17.2 Å². The third-order valence-corrected chi connectivity index (χ3v) is 4.72. The maximum atomic E-state index is 12.8. The summed E-state index contributed by atoms with van der Waals surface area (Å²) in [6.07, 6.45) is 3.08. The van der Waals surface area contributed by atoms with Crippen LogP contribution < -0.4 is 5.32 Å². The Kier molecular flexibility index (Phi) is 5.49. The zero-order valence-corrected chi connectivity index (χ0v) is 15.1. The molecule has 1 heterocycles. The van der Waals surface area contributed by atoms with Gasteiger partial charge in [-0.3, -0.25) is 19.7 Å². The Morgan fingerprint density at radius 3 is 2.48 bits per heavy atom. The summed E-state index contributed by atoms with van der Waals surface area (Å²) in [6.45, 7) is 3.04. The van der Waals surface area contributed by atoms with Gasteiger partial charge < -0.3 is 10.2 Å². The Labute approximate surface area is 157 Å². The van der Waals surface area contributed by atoms with Gasteiger partial charge in [-0.15, -0.1) is 0 Å². The van der Waals surface area contributed by atoms with Crippen molar-refractivity contribution in [2.45, 2.75) is 26.2 Å². The number of aryl methyl sites for hydroxylation is 1. The fourth-order valence-corrected chi connectivity index (χ4v) is 3.19. The van der Waals surface area contributed by atoms with Gasteiger partial charge in [0.2, 0.25) is 0 Å². The number of anilines is 1. The minimum absolute atomic E-state index is 0.111. The van der Waals surface area contributed by atoms with E-state index in [2.05, 4.69) is 5.32 Å². The summed E-state index contributed by atoms with van der Waals surface area (Å²) in [5, 5.41) is 13.8. The summed E-state index contributed by atoms with van der Waals surface area (Å²) in [5.41, 5.74) is 1.38. The van der Waals surface area contributed by atoms with Crippen molar-refractivity contribution in [2.75, 3.05) is 18.4 Å². The minimum Gasteiger partial charge on any atom is -0.339 e. The highest BCUT2D eigenvalue weighted by Crippen LogP contribution is 2.23. The maximum Gasteiger partial charge on any atom is 0.273 e. The van der Waals surface area contributed by atoms with Gasteiger partial charge in [0.15, 0.2) is 0 Å². The van der Waals surface area contributed by atoms with Crippen molar-refractivity contribution in [3.05, 3.63) is 69.3 Å². The summed E-state index contributed by atoms with van der Waals surface area (Å²) in [4.78, 5) is 37.8. The number of nitro groups is 1. The number of carbonyl (C=O) groups excluding carboxylic acids is 2. The fraction of sp³-hybridized carbons (Fsp3) is 0.300. The Hall–Kier alpha value is -3.22. The lowest BCUT2D eigenvalue weighted by molar-refractivity contribution is -0.385. The number of hydrogen-bond donors (Lipinski definition) is 1. The standard InChI is InChI=1S/C20H21N3O4/c1-14-9-10-15(13-18(14)23(26)27)19(24)21-17-8-4-3-7-16(17)20(25)22-11-5-2-6-12-22/h3-4,7-10,13H,2,5-6,11-12H2,1H3,(H,21,24). The summed E-state index contributed by atoms with van der Waals surface area (Å²) >= 11 is 0. The summed E-state index contributed by atoms with van der Waals surface area (Å²) in [7, 11) is 0. The molecule has 140 valence electrons. The van der Waals surface area contributed by atoms with Gasteiger partial charge in [-0.1, -0.05) is 18.2 Å². The molecular formula is C20H21N3O4. The predicted octanol–water partition coefficient (Wildman–Crippen LogP) is 3.78.